The number of nitrogens with zero attached hydrogens (tertiary/aromatic N) is 4. The lowest BCUT2D eigenvalue weighted by molar-refractivity contribution is 0.0931. The van der Waals surface area contributed by atoms with Crippen LogP contribution in [0.2, 0.25) is 0 Å². The third-order valence-corrected chi connectivity index (χ3v) is 5.27. The molecule has 1 aliphatic heterocycles. The van der Waals surface area contributed by atoms with Crippen molar-refractivity contribution < 1.29 is 4.79 Å². The average molecular weight is 341 g/mol. The normalized spacial score (nSPS) is 15.8. The zero-order chi connectivity index (χ0) is 16.5. The number of carbonyl (C=O) groups excluding carboxylic acids is 1. The van der Waals surface area contributed by atoms with Crippen LogP contribution in [0.15, 0.2) is 36.5 Å². The smallest absolute Gasteiger partial charge is 0.251 e. The highest BCUT2D eigenvalue weighted by molar-refractivity contribution is 7.20. The van der Waals surface area contributed by atoms with Gasteiger partial charge in [0, 0.05) is 24.7 Å². The number of aryl methyl sites for hydroxylation is 1. The minimum atomic E-state index is 0.0113. The molecule has 0 bridgehead atoms. The molecule has 6 nitrogen and oxygen atoms in total. The first-order valence-corrected chi connectivity index (χ1v) is 8.94. The summed E-state index contributed by atoms with van der Waals surface area (Å²) >= 11 is 1.62. The molecule has 7 heteroatoms. The number of hydrogen-bond acceptors (Lipinski definition) is 5. The maximum absolute atomic E-state index is 12.2. The topological polar surface area (TPSA) is 62.5 Å². The van der Waals surface area contributed by atoms with Crippen molar-refractivity contribution in [2.75, 3.05) is 18.0 Å². The fourth-order valence-corrected chi connectivity index (χ4v) is 3.98. The molecule has 0 atom stereocenters. The monoisotopic (exact) mass is 341 g/mol. The van der Waals surface area contributed by atoms with Crippen molar-refractivity contribution in [1.29, 1.82) is 0 Å². The molecular weight excluding hydrogens is 322 g/mol. The van der Waals surface area contributed by atoms with Crippen LogP contribution < -0.4 is 10.2 Å². The van der Waals surface area contributed by atoms with Crippen LogP contribution in [0.25, 0.3) is 4.96 Å². The van der Waals surface area contributed by atoms with E-state index in [1.807, 2.05) is 48.0 Å². The number of rotatable bonds is 3. The van der Waals surface area contributed by atoms with Crippen molar-refractivity contribution in [1.82, 2.24) is 19.9 Å². The Bertz CT molecular complexity index is 817. The van der Waals surface area contributed by atoms with E-state index in [0.717, 1.165) is 47.3 Å². The molecule has 0 saturated carbocycles. The summed E-state index contributed by atoms with van der Waals surface area (Å²) in [4.78, 5) is 19.9. The van der Waals surface area contributed by atoms with Gasteiger partial charge in [0.1, 0.15) is 0 Å². The third-order valence-electron chi connectivity index (χ3n) is 4.29. The minimum Gasteiger partial charge on any atom is -0.349 e. The standard InChI is InChI=1S/C17H19N5OS/c1-12-11-22-16(18-12)24-17(20-22)21-9-7-14(8-10-21)19-15(23)13-5-3-2-4-6-13/h2-6,11,14H,7-10H2,1H3,(H,19,23). The van der Waals surface area contributed by atoms with Gasteiger partial charge in [0.05, 0.1) is 11.9 Å². The van der Waals surface area contributed by atoms with Crippen LogP contribution in [0.5, 0.6) is 0 Å². The van der Waals surface area contributed by atoms with Gasteiger partial charge in [0.25, 0.3) is 5.91 Å². The number of nitrogens with one attached hydrogen (secondary N) is 1. The van der Waals surface area contributed by atoms with Crippen molar-refractivity contribution >= 4 is 27.3 Å². The molecule has 0 spiro atoms. The molecule has 4 rings (SSSR count). The lowest BCUT2D eigenvalue weighted by Crippen LogP contribution is -2.44. The van der Waals surface area contributed by atoms with Gasteiger partial charge in [-0.25, -0.2) is 9.50 Å². The summed E-state index contributed by atoms with van der Waals surface area (Å²) in [5.74, 6) is 0.0113. The van der Waals surface area contributed by atoms with Gasteiger partial charge < -0.3 is 10.2 Å². The van der Waals surface area contributed by atoms with Crippen molar-refractivity contribution in [3.8, 4) is 0 Å². The predicted molar refractivity (Wildman–Crippen MR) is 94.7 cm³/mol. The molecule has 1 aliphatic rings. The Morgan fingerprint density at radius 3 is 2.71 bits per heavy atom. The molecule has 1 fully saturated rings. The van der Waals surface area contributed by atoms with E-state index in [9.17, 15) is 4.79 Å². The van der Waals surface area contributed by atoms with Crippen LogP contribution >= 0.6 is 11.3 Å². The Balaban J connectivity index is 1.36. The number of aromatic nitrogens is 3. The second-order valence-electron chi connectivity index (χ2n) is 6.09. The van der Waals surface area contributed by atoms with Gasteiger partial charge in [-0.05, 0) is 31.9 Å². The van der Waals surface area contributed by atoms with Crippen LogP contribution in [-0.2, 0) is 0 Å². The highest BCUT2D eigenvalue weighted by atomic mass is 32.1. The molecule has 0 radical (unpaired) electrons. The van der Waals surface area contributed by atoms with E-state index >= 15 is 0 Å². The summed E-state index contributed by atoms with van der Waals surface area (Å²) in [6, 6.07) is 9.60. The number of imidazole rings is 1. The molecule has 3 heterocycles. The average Bonchev–Trinajstić information content (AvgIpc) is 3.13. The summed E-state index contributed by atoms with van der Waals surface area (Å²) in [6.45, 7) is 3.77. The van der Waals surface area contributed by atoms with Crippen molar-refractivity contribution in [3.05, 3.63) is 47.8 Å². The van der Waals surface area contributed by atoms with Gasteiger partial charge in [-0.1, -0.05) is 29.5 Å². The van der Waals surface area contributed by atoms with E-state index in [2.05, 4.69) is 20.3 Å². The Morgan fingerprint density at radius 1 is 1.25 bits per heavy atom. The summed E-state index contributed by atoms with van der Waals surface area (Å²) in [5, 5.41) is 8.74. The van der Waals surface area contributed by atoms with E-state index in [1.54, 1.807) is 11.3 Å². The number of anilines is 1. The molecule has 3 aromatic rings. The van der Waals surface area contributed by atoms with Crippen LogP contribution in [0.4, 0.5) is 5.13 Å². The molecule has 1 N–H and O–H groups in total. The maximum Gasteiger partial charge on any atom is 0.251 e. The number of amides is 1. The van der Waals surface area contributed by atoms with Crippen molar-refractivity contribution in [3.63, 3.8) is 0 Å². The first-order chi connectivity index (χ1) is 11.7. The fraction of sp³-hybridized carbons (Fsp3) is 0.353. The molecule has 2 aromatic heterocycles. The molecule has 1 amide bonds. The molecule has 124 valence electrons. The van der Waals surface area contributed by atoms with Gasteiger partial charge in [0.2, 0.25) is 10.1 Å². The van der Waals surface area contributed by atoms with Gasteiger partial charge in [-0.3, -0.25) is 4.79 Å². The molecule has 0 aliphatic carbocycles. The van der Waals surface area contributed by atoms with E-state index in [-0.39, 0.29) is 11.9 Å². The van der Waals surface area contributed by atoms with E-state index in [4.69, 9.17) is 0 Å². The zero-order valence-electron chi connectivity index (χ0n) is 13.5. The highest BCUT2D eigenvalue weighted by Gasteiger charge is 2.23. The molecule has 1 saturated heterocycles. The van der Waals surface area contributed by atoms with E-state index < -0.39 is 0 Å². The van der Waals surface area contributed by atoms with Crippen LogP contribution in [0.3, 0.4) is 0 Å². The second-order valence-corrected chi connectivity index (χ2v) is 7.03. The highest BCUT2D eigenvalue weighted by Crippen LogP contribution is 2.26. The number of hydrogen-bond donors (Lipinski definition) is 1. The van der Waals surface area contributed by atoms with E-state index in [0.29, 0.717) is 0 Å². The third kappa shape index (κ3) is 2.99. The number of fused-ring (bicyclic) bond motifs is 1. The first-order valence-electron chi connectivity index (χ1n) is 8.13. The van der Waals surface area contributed by atoms with Crippen molar-refractivity contribution in [2.24, 2.45) is 0 Å². The Labute approximate surface area is 144 Å². The Morgan fingerprint density at radius 2 is 2.00 bits per heavy atom. The second kappa shape index (κ2) is 6.24. The van der Waals surface area contributed by atoms with Gasteiger partial charge >= 0.3 is 0 Å². The number of benzene rings is 1. The Hall–Kier alpha value is -2.41. The van der Waals surface area contributed by atoms with Crippen LogP contribution in [-0.4, -0.2) is 39.6 Å². The summed E-state index contributed by atoms with van der Waals surface area (Å²) in [6.07, 6.45) is 3.81. The Kier molecular flexibility index (Phi) is 3.93. The number of piperidine rings is 1. The number of carbonyl (C=O) groups is 1. The van der Waals surface area contributed by atoms with Gasteiger partial charge in [0.15, 0.2) is 0 Å². The molecular formula is C17H19N5OS. The molecule has 0 unspecified atom stereocenters. The largest absolute Gasteiger partial charge is 0.349 e. The molecule has 1 aromatic carbocycles. The van der Waals surface area contributed by atoms with Gasteiger partial charge in [-0.2, -0.15) is 0 Å². The zero-order valence-corrected chi connectivity index (χ0v) is 14.3. The summed E-state index contributed by atoms with van der Waals surface area (Å²) < 4.78 is 1.85. The minimum absolute atomic E-state index is 0.0113. The first kappa shape index (κ1) is 15.1. The predicted octanol–water partition coefficient (Wildman–Crippen LogP) is 2.50. The lowest BCUT2D eigenvalue weighted by atomic mass is 10.0. The fourth-order valence-electron chi connectivity index (χ4n) is 3.00. The SMILES string of the molecule is Cc1cn2nc(N3CCC(NC(=O)c4ccccc4)CC3)sc2n1. The lowest BCUT2D eigenvalue weighted by Gasteiger charge is -2.31. The quantitative estimate of drug-likeness (QED) is 0.795. The summed E-state index contributed by atoms with van der Waals surface area (Å²) in [7, 11) is 0. The maximum atomic E-state index is 12.2. The van der Waals surface area contributed by atoms with Crippen LogP contribution in [0, 0.1) is 6.92 Å². The van der Waals surface area contributed by atoms with Crippen molar-refractivity contribution in [2.45, 2.75) is 25.8 Å². The molecule has 24 heavy (non-hydrogen) atoms. The van der Waals surface area contributed by atoms with E-state index in [1.165, 1.54) is 0 Å². The van der Waals surface area contributed by atoms with Crippen LogP contribution in [0.1, 0.15) is 28.9 Å². The summed E-state index contributed by atoms with van der Waals surface area (Å²) in [5.41, 5.74) is 1.71. The van der Waals surface area contributed by atoms with Gasteiger partial charge in [-0.15, -0.1) is 5.10 Å².